The number of aryl methyl sites for hydroxylation is 1. The minimum atomic E-state index is -0.321. The van der Waals surface area contributed by atoms with E-state index < -0.39 is 0 Å². The van der Waals surface area contributed by atoms with Gasteiger partial charge in [-0.1, -0.05) is 30.3 Å². The molecule has 26 heavy (non-hydrogen) atoms. The summed E-state index contributed by atoms with van der Waals surface area (Å²) in [6.07, 6.45) is 3.27. The monoisotopic (exact) mass is 361 g/mol. The molecule has 0 spiro atoms. The first-order chi connectivity index (χ1) is 12.5. The maximum absolute atomic E-state index is 12.2. The molecular formula is C20H31N3O3. The molecule has 1 aliphatic heterocycles. The average Bonchev–Trinajstić information content (AvgIpc) is 2.66. The molecule has 3 amide bonds. The van der Waals surface area contributed by atoms with Gasteiger partial charge in [-0.05, 0) is 37.2 Å². The van der Waals surface area contributed by atoms with E-state index in [1.165, 1.54) is 10.5 Å². The Balaban J connectivity index is 1.66. The lowest BCUT2D eigenvalue weighted by Gasteiger charge is -2.34. The Kier molecular flexibility index (Phi) is 7.91. The zero-order valence-electron chi connectivity index (χ0n) is 15.9. The standard InChI is InChI=1S/C20H31N3O3/c1-22(2)19(25)10-13-21-20(26)23-14-11-17(12-15-23)18(24)9-8-16-6-4-3-5-7-16/h3-7,17-18,24H,8-15H2,1-2H3,(H,21,26)/t18-/m1/s1. The van der Waals surface area contributed by atoms with Crippen molar-refractivity contribution < 1.29 is 14.7 Å². The Morgan fingerprint density at radius 3 is 2.50 bits per heavy atom. The van der Waals surface area contributed by atoms with Gasteiger partial charge in [-0.15, -0.1) is 0 Å². The predicted molar refractivity (Wildman–Crippen MR) is 102 cm³/mol. The van der Waals surface area contributed by atoms with Crippen LogP contribution in [0.5, 0.6) is 0 Å². The van der Waals surface area contributed by atoms with Gasteiger partial charge in [-0.3, -0.25) is 4.79 Å². The van der Waals surface area contributed by atoms with Crippen LogP contribution >= 0.6 is 0 Å². The number of aliphatic hydroxyl groups excluding tert-OH is 1. The Bertz CT molecular complexity index is 569. The number of likely N-dealkylation sites (tertiary alicyclic amines) is 1. The number of urea groups is 1. The number of amides is 3. The van der Waals surface area contributed by atoms with Crippen molar-refractivity contribution in [3.63, 3.8) is 0 Å². The Hall–Kier alpha value is -2.08. The number of aliphatic hydroxyl groups is 1. The molecule has 1 aliphatic rings. The first kappa shape index (κ1) is 20.2. The quantitative estimate of drug-likeness (QED) is 0.779. The second-order valence-corrected chi connectivity index (χ2v) is 7.19. The van der Waals surface area contributed by atoms with Crippen molar-refractivity contribution >= 4 is 11.9 Å². The lowest BCUT2D eigenvalue weighted by Crippen LogP contribution is -2.46. The number of hydrogen-bond donors (Lipinski definition) is 2. The van der Waals surface area contributed by atoms with Gasteiger partial charge in [-0.2, -0.15) is 0 Å². The molecule has 1 atom stereocenters. The van der Waals surface area contributed by atoms with Crippen LogP contribution in [0, 0.1) is 5.92 Å². The molecule has 1 heterocycles. The van der Waals surface area contributed by atoms with Gasteiger partial charge in [0.2, 0.25) is 5.91 Å². The van der Waals surface area contributed by atoms with Gasteiger partial charge < -0.3 is 20.2 Å². The summed E-state index contributed by atoms with van der Waals surface area (Å²) in [5.41, 5.74) is 1.25. The summed E-state index contributed by atoms with van der Waals surface area (Å²) in [5, 5.41) is 13.3. The zero-order valence-corrected chi connectivity index (χ0v) is 15.9. The fourth-order valence-electron chi connectivity index (χ4n) is 3.29. The number of hydrogen-bond acceptors (Lipinski definition) is 3. The summed E-state index contributed by atoms with van der Waals surface area (Å²) in [5.74, 6) is 0.253. The normalized spacial score (nSPS) is 16.2. The smallest absolute Gasteiger partial charge is 0.317 e. The number of carbonyl (C=O) groups is 2. The predicted octanol–water partition coefficient (Wildman–Crippen LogP) is 1.88. The number of piperidine rings is 1. The number of nitrogens with zero attached hydrogens (tertiary/aromatic N) is 2. The van der Waals surface area contributed by atoms with Gasteiger partial charge in [0.05, 0.1) is 6.10 Å². The summed E-state index contributed by atoms with van der Waals surface area (Å²) in [4.78, 5) is 27.0. The van der Waals surface area contributed by atoms with E-state index in [1.807, 2.05) is 18.2 Å². The fraction of sp³-hybridized carbons (Fsp3) is 0.600. The van der Waals surface area contributed by atoms with E-state index in [2.05, 4.69) is 17.4 Å². The highest BCUT2D eigenvalue weighted by Crippen LogP contribution is 2.23. The Morgan fingerprint density at radius 1 is 1.23 bits per heavy atom. The van der Waals surface area contributed by atoms with E-state index in [9.17, 15) is 14.7 Å². The van der Waals surface area contributed by atoms with E-state index in [1.54, 1.807) is 19.0 Å². The topological polar surface area (TPSA) is 72.9 Å². The number of rotatable bonds is 7. The first-order valence-electron chi connectivity index (χ1n) is 9.42. The minimum Gasteiger partial charge on any atom is -0.393 e. The van der Waals surface area contributed by atoms with Crippen LogP contribution in [0.4, 0.5) is 4.79 Å². The van der Waals surface area contributed by atoms with Crippen molar-refractivity contribution in [2.75, 3.05) is 33.7 Å². The van der Waals surface area contributed by atoms with Gasteiger partial charge in [0.25, 0.3) is 0 Å². The van der Waals surface area contributed by atoms with Crippen LogP contribution in [0.25, 0.3) is 0 Å². The van der Waals surface area contributed by atoms with Crippen LogP contribution in [0.2, 0.25) is 0 Å². The van der Waals surface area contributed by atoms with Gasteiger partial charge in [0.1, 0.15) is 0 Å². The number of benzene rings is 1. The molecule has 0 saturated carbocycles. The summed E-state index contributed by atoms with van der Waals surface area (Å²) in [6.45, 7) is 1.66. The maximum Gasteiger partial charge on any atom is 0.317 e. The molecule has 144 valence electrons. The summed E-state index contributed by atoms with van der Waals surface area (Å²) < 4.78 is 0. The zero-order chi connectivity index (χ0) is 18.9. The SMILES string of the molecule is CN(C)C(=O)CCNC(=O)N1CCC([C@H](O)CCc2ccccc2)CC1. The third-order valence-corrected chi connectivity index (χ3v) is 5.06. The van der Waals surface area contributed by atoms with Crippen LogP contribution in [0.1, 0.15) is 31.2 Å². The highest BCUT2D eigenvalue weighted by Gasteiger charge is 2.27. The third-order valence-electron chi connectivity index (χ3n) is 5.06. The van der Waals surface area contributed by atoms with Gasteiger partial charge >= 0.3 is 6.03 Å². The number of nitrogens with one attached hydrogen (secondary N) is 1. The average molecular weight is 361 g/mol. The molecule has 0 aromatic heterocycles. The second kappa shape index (κ2) is 10.2. The van der Waals surface area contributed by atoms with Crippen molar-refractivity contribution in [3.8, 4) is 0 Å². The minimum absolute atomic E-state index is 0.00514. The molecule has 6 heteroatoms. The van der Waals surface area contributed by atoms with Gasteiger partial charge in [0, 0.05) is 40.2 Å². The molecule has 1 aromatic carbocycles. The molecule has 1 saturated heterocycles. The summed E-state index contributed by atoms with van der Waals surface area (Å²) in [6, 6.07) is 10.1. The van der Waals surface area contributed by atoms with E-state index in [0.717, 1.165) is 25.7 Å². The van der Waals surface area contributed by atoms with Crippen molar-refractivity contribution in [1.82, 2.24) is 15.1 Å². The van der Waals surface area contributed by atoms with Crippen molar-refractivity contribution in [2.45, 2.75) is 38.2 Å². The number of carbonyl (C=O) groups excluding carboxylic acids is 2. The van der Waals surface area contributed by atoms with Gasteiger partial charge in [0.15, 0.2) is 0 Å². The maximum atomic E-state index is 12.2. The molecule has 6 nitrogen and oxygen atoms in total. The second-order valence-electron chi connectivity index (χ2n) is 7.19. The summed E-state index contributed by atoms with van der Waals surface area (Å²) in [7, 11) is 3.41. The molecule has 0 radical (unpaired) electrons. The van der Waals surface area contributed by atoms with E-state index in [-0.39, 0.29) is 24.0 Å². The molecule has 1 fully saturated rings. The molecule has 0 bridgehead atoms. The molecule has 0 aliphatic carbocycles. The Labute approximate surface area is 156 Å². The fourth-order valence-corrected chi connectivity index (χ4v) is 3.29. The Morgan fingerprint density at radius 2 is 1.88 bits per heavy atom. The van der Waals surface area contributed by atoms with Crippen molar-refractivity contribution in [3.05, 3.63) is 35.9 Å². The molecular weight excluding hydrogens is 330 g/mol. The van der Waals surface area contributed by atoms with Crippen LogP contribution in [-0.2, 0) is 11.2 Å². The van der Waals surface area contributed by atoms with E-state index in [4.69, 9.17) is 0 Å². The highest BCUT2D eigenvalue weighted by molar-refractivity contribution is 5.78. The first-order valence-corrected chi connectivity index (χ1v) is 9.42. The van der Waals surface area contributed by atoms with Crippen LogP contribution < -0.4 is 5.32 Å². The van der Waals surface area contributed by atoms with Crippen molar-refractivity contribution in [2.24, 2.45) is 5.92 Å². The molecule has 2 N–H and O–H groups in total. The van der Waals surface area contributed by atoms with Crippen LogP contribution in [-0.4, -0.2) is 66.7 Å². The van der Waals surface area contributed by atoms with Crippen LogP contribution in [0.15, 0.2) is 30.3 Å². The van der Waals surface area contributed by atoms with Gasteiger partial charge in [-0.25, -0.2) is 4.79 Å². The third kappa shape index (κ3) is 6.33. The molecule has 2 rings (SSSR count). The largest absolute Gasteiger partial charge is 0.393 e. The van der Waals surface area contributed by atoms with Crippen LogP contribution in [0.3, 0.4) is 0 Å². The molecule has 0 unspecified atom stereocenters. The molecule has 1 aromatic rings. The van der Waals surface area contributed by atoms with Crippen molar-refractivity contribution in [1.29, 1.82) is 0 Å². The van der Waals surface area contributed by atoms with E-state index in [0.29, 0.717) is 26.1 Å². The lowest BCUT2D eigenvalue weighted by atomic mass is 9.88. The highest BCUT2D eigenvalue weighted by atomic mass is 16.3. The lowest BCUT2D eigenvalue weighted by molar-refractivity contribution is -0.128. The summed E-state index contributed by atoms with van der Waals surface area (Å²) >= 11 is 0. The van der Waals surface area contributed by atoms with E-state index >= 15 is 0 Å².